The molecule has 2 bridgehead atoms. The second-order valence-corrected chi connectivity index (χ2v) is 7.34. The Hall–Kier alpha value is -2.70. The summed E-state index contributed by atoms with van der Waals surface area (Å²) in [5, 5.41) is 11.4. The maximum Gasteiger partial charge on any atom is 0.297 e. The minimum atomic E-state index is -0.582. The van der Waals surface area contributed by atoms with Gasteiger partial charge in [-0.2, -0.15) is 0 Å². The number of hydrogen-bond donors (Lipinski definition) is 0. The van der Waals surface area contributed by atoms with Gasteiger partial charge in [-0.05, 0) is 42.2 Å². The molecule has 4 atom stereocenters. The fourth-order valence-electron chi connectivity index (χ4n) is 5.28. The highest BCUT2D eigenvalue weighted by Gasteiger charge is 2.73. The van der Waals surface area contributed by atoms with E-state index in [2.05, 4.69) is 12.2 Å². The molecule has 4 aliphatic rings. The SMILES string of the molecule is COc1ccc(N2C(=O)[C@@H]3[C@H](C2=O)[C@@H]2C=C[C@@H]3C23CC3)c([N+](=O)[O-])c1. The lowest BCUT2D eigenvalue weighted by atomic mass is 9.85. The largest absolute Gasteiger partial charge is 0.496 e. The number of nitrogens with zero attached hydrogens (tertiary/aromatic N) is 2. The first-order valence-corrected chi connectivity index (χ1v) is 8.38. The molecular formula is C18H16N2O5. The van der Waals surface area contributed by atoms with E-state index in [0.29, 0.717) is 5.75 Å². The summed E-state index contributed by atoms with van der Waals surface area (Å²) >= 11 is 0. The van der Waals surface area contributed by atoms with Crippen molar-refractivity contribution in [3.8, 4) is 5.75 Å². The molecule has 1 aromatic rings. The van der Waals surface area contributed by atoms with Crippen LogP contribution in [0.5, 0.6) is 5.75 Å². The molecule has 1 spiro atoms. The number of nitro benzene ring substituents is 1. The molecule has 128 valence electrons. The molecule has 3 aliphatic carbocycles. The first kappa shape index (κ1) is 14.6. The van der Waals surface area contributed by atoms with Gasteiger partial charge in [0.2, 0.25) is 11.8 Å². The number of carbonyl (C=O) groups excluding carboxylic acids is 2. The van der Waals surface area contributed by atoms with E-state index in [4.69, 9.17) is 4.74 Å². The summed E-state index contributed by atoms with van der Waals surface area (Å²) in [5.74, 6) is -0.827. The highest BCUT2D eigenvalue weighted by atomic mass is 16.6. The van der Waals surface area contributed by atoms with Crippen LogP contribution in [0.15, 0.2) is 30.4 Å². The number of rotatable bonds is 3. The van der Waals surface area contributed by atoms with E-state index < -0.39 is 4.92 Å². The molecule has 3 fully saturated rings. The summed E-state index contributed by atoms with van der Waals surface area (Å²) in [6, 6.07) is 4.21. The number of fused-ring (bicyclic) bond motifs is 3. The van der Waals surface area contributed by atoms with Crippen LogP contribution >= 0.6 is 0 Å². The molecule has 1 saturated heterocycles. The van der Waals surface area contributed by atoms with Gasteiger partial charge in [-0.25, -0.2) is 4.90 Å². The zero-order chi connectivity index (χ0) is 17.5. The predicted molar refractivity (Wildman–Crippen MR) is 86.9 cm³/mol. The number of imide groups is 1. The number of amides is 2. The molecule has 1 aromatic carbocycles. The van der Waals surface area contributed by atoms with Crippen molar-refractivity contribution in [2.75, 3.05) is 12.0 Å². The average Bonchev–Trinajstić information content (AvgIpc) is 3.20. The maximum atomic E-state index is 13.0. The normalized spacial score (nSPS) is 33.2. The Labute approximate surface area is 143 Å². The molecule has 1 heterocycles. The third-order valence-corrected chi connectivity index (χ3v) is 6.47. The monoisotopic (exact) mass is 340 g/mol. The Bertz CT molecular complexity index is 838. The zero-order valence-electron chi connectivity index (χ0n) is 13.5. The first-order valence-electron chi connectivity index (χ1n) is 8.38. The van der Waals surface area contributed by atoms with Gasteiger partial charge in [0, 0.05) is 0 Å². The van der Waals surface area contributed by atoms with E-state index in [1.165, 1.54) is 25.3 Å². The number of allylic oxidation sites excluding steroid dienone is 2. The van der Waals surface area contributed by atoms with Gasteiger partial charge in [-0.15, -0.1) is 0 Å². The van der Waals surface area contributed by atoms with Crippen molar-refractivity contribution in [1.82, 2.24) is 0 Å². The van der Waals surface area contributed by atoms with Gasteiger partial charge >= 0.3 is 0 Å². The summed E-state index contributed by atoms with van der Waals surface area (Å²) in [5.41, 5.74) is -0.139. The van der Waals surface area contributed by atoms with Crippen LogP contribution in [0.3, 0.4) is 0 Å². The lowest BCUT2D eigenvalue weighted by Gasteiger charge is -2.21. The number of ether oxygens (including phenoxy) is 1. The van der Waals surface area contributed by atoms with Gasteiger partial charge in [0.05, 0.1) is 29.9 Å². The molecule has 7 nitrogen and oxygen atoms in total. The summed E-state index contributed by atoms with van der Waals surface area (Å²) < 4.78 is 5.03. The Morgan fingerprint density at radius 3 is 2.24 bits per heavy atom. The summed E-state index contributed by atoms with van der Waals surface area (Å²) in [6.45, 7) is 0. The summed E-state index contributed by atoms with van der Waals surface area (Å²) in [6.07, 6.45) is 6.28. The number of carbonyl (C=O) groups is 2. The minimum absolute atomic E-state index is 0.0412. The van der Waals surface area contributed by atoms with Gasteiger partial charge in [-0.1, -0.05) is 12.2 Å². The number of methoxy groups -OCH3 is 1. The van der Waals surface area contributed by atoms with Crippen LogP contribution in [0.4, 0.5) is 11.4 Å². The third-order valence-electron chi connectivity index (χ3n) is 6.47. The highest BCUT2D eigenvalue weighted by molar-refractivity contribution is 6.24. The Kier molecular flexibility index (Phi) is 2.62. The quantitative estimate of drug-likeness (QED) is 0.364. The molecule has 5 rings (SSSR count). The van der Waals surface area contributed by atoms with Crippen molar-refractivity contribution in [2.45, 2.75) is 12.8 Å². The molecule has 0 aromatic heterocycles. The molecule has 2 saturated carbocycles. The van der Waals surface area contributed by atoms with Crippen LogP contribution < -0.4 is 9.64 Å². The van der Waals surface area contributed by atoms with E-state index in [0.717, 1.165) is 17.7 Å². The minimum Gasteiger partial charge on any atom is -0.496 e. The van der Waals surface area contributed by atoms with Crippen molar-refractivity contribution in [3.05, 3.63) is 40.5 Å². The molecule has 25 heavy (non-hydrogen) atoms. The van der Waals surface area contributed by atoms with E-state index in [9.17, 15) is 19.7 Å². The first-order chi connectivity index (χ1) is 12.0. The lowest BCUT2D eigenvalue weighted by molar-refractivity contribution is -0.384. The Morgan fingerprint density at radius 1 is 1.16 bits per heavy atom. The molecule has 0 N–H and O–H groups in total. The Morgan fingerprint density at radius 2 is 1.76 bits per heavy atom. The van der Waals surface area contributed by atoms with E-state index in [-0.39, 0.29) is 52.3 Å². The van der Waals surface area contributed by atoms with Gasteiger partial charge in [0.25, 0.3) is 5.69 Å². The van der Waals surface area contributed by atoms with Crippen LogP contribution in [-0.4, -0.2) is 23.8 Å². The number of anilines is 1. The molecule has 1 aliphatic heterocycles. The topological polar surface area (TPSA) is 89.8 Å². The molecule has 7 heteroatoms. The van der Waals surface area contributed by atoms with E-state index >= 15 is 0 Å². The number of hydrogen-bond acceptors (Lipinski definition) is 5. The zero-order valence-corrected chi connectivity index (χ0v) is 13.5. The van der Waals surface area contributed by atoms with Crippen molar-refractivity contribution >= 4 is 23.2 Å². The van der Waals surface area contributed by atoms with Crippen LogP contribution in [0.2, 0.25) is 0 Å². The molecule has 2 amide bonds. The fourth-order valence-corrected chi connectivity index (χ4v) is 5.28. The second kappa shape index (κ2) is 4.47. The van der Waals surface area contributed by atoms with Gasteiger partial charge < -0.3 is 4.74 Å². The highest BCUT2D eigenvalue weighted by Crippen LogP contribution is 2.73. The van der Waals surface area contributed by atoms with Crippen molar-refractivity contribution < 1.29 is 19.2 Å². The van der Waals surface area contributed by atoms with Crippen molar-refractivity contribution in [1.29, 1.82) is 0 Å². The van der Waals surface area contributed by atoms with Crippen LogP contribution in [0, 0.1) is 39.2 Å². The fraction of sp³-hybridized carbons (Fsp3) is 0.444. The average molecular weight is 340 g/mol. The maximum absolute atomic E-state index is 13.0. The molecule has 0 unspecified atom stereocenters. The van der Waals surface area contributed by atoms with Crippen molar-refractivity contribution in [3.63, 3.8) is 0 Å². The van der Waals surface area contributed by atoms with E-state index in [1.54, 1.807) is 0 Å². The number of nitro groups is 1. The summed E-state index contributed by atoms with van der Waals surface area (Å²) in [4.78, 5) is 38.0. The van der Waals surface area contributed by atoms with E-state index in [1.807, 2.05) is 0 Å². The van der Waals surface area contributed by atoms with Crippen LogP contribution in [0.25, 0.3) is 0 Å². The standard InChI is InChI=1S/C18H16N2O5/c1-25-9-2-5-12(13(8-9)20(23)24)19-16(21)14-10-3-4-11(15(14)17(19)22)18(10)6-7-18/h2-5,8,10-11,14-15H,6-7H2,1H3/t10-,11-,14-,15+/m0/s1. The van der Waals surface area contributed by atoms with Crippen molar-refractivity contribution in [2.24, 2.45) is 29.1 Å². The smallest absolute Gasteiger partial charge is 0.297 e. The van der Waals surface area contributed by atoms with Gasteiger partial charge in [0.1, 0.15) is 11.4 Å². The van der Waals surface area contributed by atoms with Gasteiger partial charge in [0.15, 0.2) is 0 Å². The summed E-state index contributed by atoms with van der Waals surface area (Å²) in [7, 11) is 1.41. The Balaban J connectivity index is 1.59. The molecular weight excluding hydrogens is 324 g/mol. The van der Waals surface area contributed by atoms with Gasteiger partial charge in [-0.3, -0.25) is 19.7 Å². The predicted octanol–water partition coefficient (Wildman–Crippen LogP) is 2.30. The third kappa shape index (κ3) is 1.61. The number of benzene rings is 1. The molecule has 0 radical (unpaired) electrons. The van der Waals surface area contributed by atoms with Crippen LogP contribution in [0.1, 0.15) is 12.8 Å². The van der Waals surface area contributed by atoms with Crippen LogP contribution in [-0.2, 0) is 9.59 Å². The second-order valence-electron chi connectivity index (χ2n) is 7.34. The lowest BCUT2D eigenvalue weighted by Crippen LogP contribution is -2.35.